The number of ether oxygens (including phenoxy) is 1. The van der Waals surface area contributed by atoms with Gasteiger partial charge >= 0.3 is 0 Å². The number of hydrogen-bond donors (Lipinski definition) is 3. The topological polar surface area (TPSA) is 92.2 Å². The zero-order valence-electron chi connectivity index (χ0n) is 13.2. The summed E-state index contributed by atoms with van der Waals surface area (Å²) in [6.45, 7) is 4.86. The third-order valence-corrected chi connectivity index (χ3v) is 4.73. The lowest BCUT2D eigenvalue weighted by Gasteiger charge is -2.27. The minimum Gasteiger partial charge on any atom is -0.394 e. The van der Waals surface area contributed by atoms with Crippen molar-refractivity contribution in [3.63, 3.8) is 0 Å². The third-order valence-electron chi connectivity index (χ3n) is 4.73. The number of nitrogens with two attached hydrogens (primary N) is 1. The Labute approximate surface area is 126 Å². The van der Waals surface area contributed by atoms with Crippen molar-refractivity contribution in [1.82, 2.24) is 5.32 Å². The summed E-state index contributed by atoms with van der Waals surface area (Å²) in [7, 11) is 1.88. The number of aliphatic hydroxyl groups excluding tert-OH is 1. The molecule has 0 aliphatic carbocycles. The molecule has 21 heavy (non-hydrogen) atoms. The van der Waals surface area contributed by atoms with Gasteiger partial charge < -0.3 is 20.9 Å². The van der Waals surface area contributed by atoms with E-state index < -0.39 is 0 Å². The molecule has 0 amide bonds. The zero-order chi connectivity index (χ0) is 15.4. The van der Waals surface area contributed by atoms with Crippen LogP contribution in [0.4, 0.5) is 0 Å². The predicted molar refractivity (Wildman–Crippen MR) is 84.7 cm³/mol. The summed E-state index contributed by atoms with van der Waals surface area (Å²) < 4.78 is 6.03. The van der Waals surface area contributed by atoms with Crippen molar-refractivity contribution in [2.45, 2.75) is 51.4 Å². The number of nitrogens with zero attached hydrogens (tertiary/aromatic N) is 2. The van der Waals surface area contributed by atoms with E-state index in [9.17, 15) is 5.11 Å². The smallest absolute Gasteiger partial charge is 0.131 e. The average Bonchev–Trinajstić information content (AvgIpc) is 2.85. The van der Waals surface area contributed by atoms with E-state index in [1.54, 1.807) is 0 Å². The second-order valence-electron chi connectivity index (χ2n) is 6.08. The van der Waals surface area contributed by atoms with Crippen LogP contribution in [0.3, 0.4) is 0 Å². The van der Waals surface area contributed by atoms with Gasteiger partial charge in [-0.2, -0.15) is 0 Å². The van der Waals surface area contributed by atoms with E-state index in [1.165, 1.54) is 0 Å². The molecule has 0 aromatic rings. The molecule has 120 valence electrons. The van der Waals surface area contributed by atoms with Crippen molar-refractivity contribution in [2.24, 2.45) is 27.6 Å². The van der Waals surface area contributed by atoms with Crippen LogP contribution in [0, 0.1) is 11.8 Å². The van der Waals surface area contributed by atoms with E-state index in [0.29, 0.717) is 24.3 Å². The molecule has 6 nitrogen and oxygen atoms in total. The van der Waals surface area contributed by atoms with Gasteiger partial charge in [0.05, 0.1) is 18.8 Å². The van der Waals surface area contributed by atoms with Crippen LogP contribution in [0.1, 0.15) is 33.1 Å². The minimum absolute atomic E-state index is 0.0240. The lowest BCUT2D eigenvalue weighted by Crippen LogP contribution is -2.48. The SMILES string of the molecule is CCC(CC1=NCN=C(N)C1NC)C1CC(C)C(CO)O1. The van der Waals surface area contributed by atoms with Crippen LogP contribution in [0.2, 0.25) is 0 Å². The Morgan fingerprint density at radius 2 is 2.24 bits per heavy atom. The molecule has 2 aliphatic rings. The monoisotopic (exact) mass is 296 g/mol. The molecule has 1 fully saturated rings. The van der Waals surface area contributed by atoms with Gasteiger partial charge in [0.2, 0.25) is 0 Å². The van der Waals surface area contributed by atoms with Crippen molar-refractivity contribution in [3.05, 3.63) is 0 Å². The van der Waals surface area contributed by atoms with E-state index in [-0.39, 0.29) is 24.9 Å². The van der Waals surface area contributed by atoms with Crippen molar-refractivity contribution < 1.29 is 9.84 Å². The van der Waals surface area contributed by atoms with E-state index in [1.807, 2.05) is 7.05 Å². The summed E-state index contributed by atoms with van der Waals surface area (Å²) in [6.07, 6.45) is 3.08. The number of hydrogen-bond acceptors (Lipinski definition) is 6. The number of aliphatic hydroxyl groups is 1. The standard InChI is InChI=1S/C15H28N4O2/c1-4-10(12-5-9(2)13(7-20)21-12)6-11-14(17-3)15(16)19-8-18-11/h9-10,12-14,17,20H,4-8H2,1-3H3,(H2,16,19). The predicted octanol–water partition coefficient (Wildman–Crippen LogP) is 0.546. The average molecular weight is 296 g/mol. The van der Waals surface area contributed by atoms with Crippen LogP contribution in [0.25, 0.3) is 0 Å². The van der Waals surface area contributed by atoms with Gasteiger partial charge in [-0.25, -0.2) is 4.99 Å². The fourth-order valence-electron chi connectivity index (χ4n) is 3.32. The van der Waals surface area contributed by atoms with E-state index >= 15 is 0 Å². The Balaban J connectivity index is 2.01. The molecule has 0 aromatic heterocycles. The first-order valence-corrected chi connectivity index (χ1v) is 7.87. The Morgan fingerprint density at radius 3 is 2.81 bits per heavy atom. The molecule has 6 heteroatoms. The van der Waals surface area contributed by atoms with Crippen molar-refractivity contribution in [2.75, 3.05) is 20.3 Å². The molecule has 2 heterocycles. The van der Waals surface area contributed by atoms with Crippen molar-refractivity contribution >= 4 is 11.5 Å². The van der Waals surface area contributed by atoms with Gasteiger partial charge in [-0.1, -0.05) is 20.3 Å². The first kappa shape index (κ1) is 16.4. The zero-order valence-corrected chi connectivity index (χ0v) is 13.2. The van der Waals surface area contributed by atoms with Gasteiger partial charge in [-0.3, -0.25) is 4.99 Å². The Morgan fingerprint density at radius 1 is 1.48 bits per heavy atom. The molecule has 0 aromatic carbocycles. The largest absolute Gasteiger partial charge is 0.394 e. The first-order chi connectivity index (χ1) is 10.1. The Hall–Kier alpha value is -0.980. The summed E-state index contributed by atoms with van der Waals surface area (Å²) in [6, 6.07) is -0.0553. The van der Waals surface area contributed by atoms with Crippen LogP contribution < -0.4 is 11.1 Å². The lowest BCUT2D eigenvalue weighted by atomic mass is 9.87. The van der Waals surface area contributed by atoms with Gasteiger partial charge in [-0.05, 0) is 31.7 Å². The summed E-state index contributed by atoms with van der Waals surface area (Å²) in [4.78, 5) is 8.71. The molecule has 5 unspecified atom stereocenters. The molecule has 5 atom stereocenters. The highest BCUT2D eigenvalue weighted by atomic mass is 16.5. The first-order valence-electron chi connectivity index (χ1n) is 7.87. The third kappa shape index (κ3) is 3.62. The maximum atomic E-state index is 9.35. The number of rotatable bonds is 6. The quantitative estimate of drug-likeness (QED) is 0.667. The normalized spacial score (nSPS) is 34.5. The number of nitrogens with one attached hydrogen (secondary N) is 1. The molecular weight excluding hydrogens is 268 g/mol. The minimum atomic E-state index is -0.0553. The van der Waals surface area contributed by atoms with Gasteiger partial charge in [-0.15, -0.1) is 0 Å². The van der Waals surface area contributed by atoms with Gasteiger partial charge in [0.25, 0.3) is 0 Å². The molecule has 2 aliphatic heterocycles. The Bertz CT molecular complexity index is 410. The van der Waals surface area contributed by atoms with Crippen molar-refractivity contribution in [3.8, 4) is 0 Å². The highest BCUT2D eigenvalue weighted by Crippen LogP contribution is 2.33. The summed E-state index contributed by atoms with van der Waals surface area (Å²) in [5, 5.41) is 12.5. The molecule has 4 N–H and O–H groups in total. The fraction of sp³-hybridized carbons (Fsp3) is 0.867. The van der Waals surface area contributed by atoms with Crippen molar-refractivity contribution in [1.29, 1.82) is 0 Å². The number of amidine groups is 1. The second kappa shape index (κ2) is 7.33. The lowest BCUT2D eigenvalue weighted by molar-refractivity contribution is -0.0211. The van der Waals surface area contributed by atoms with E-state index in [4.69, 9.17) is 10.5 Å². The summed E-state index contributed by atoms with van der Waals surface area (Å²) >= 11 is 0. The number of aliphatic imine (C=N–C) groups is 2. The van der Waals surface area contributed by atoms with Gasteiger partial charge in [0.1, 0.15) is 18.5 Å². The van der Waals surface area contributed by atoms with Crippen LogP contribution in [0.15, 0.2) is 9.98 Å². The van der Waals surface area contributed by atoms with Crippen LogP contribution in [-0.4, -0.2) is 55.2 Å². The molecule has 0 radical (unpaired) electrons. The van der Waals surface area contributed by atoms with Gasteiger partial charge in [0.15, 0.2) is 0 Å². The highest BCUT2D eigenvalue weighted by Gasteiger charge is 2.37. The highest BCUT2D eigenvalue weighted by molar-refractivity contribution is 6.10. The molecular formula is C15H28N4O2. The molecule has 2 rings (SSSR count). The molecule has 0 saturated carbocycles. The van der Waals surface area contributed by atoms with Crippen LogP contribution in [-0.2, 0) is 4.74 Å². The van der Waals surface area contributed by atoms with E-state index in [0.717, 1.165) is 25.0 Å². The number of likely N-dealkylation sites (N-methyl/N-ethyl adjacent to an activating group) is 1. The molecule has 1 saturated heterocycles. The maximum absolute atomic E-state index is 9.35. The van der Waals surface area contributed by atoms with E-state index in [2.05, 4.69) is 29.1 Å². The fourth-order valence-corrected chi connectivity index (χ4v) is 3.32. The molecule has 0 bridgehead atoms. The van der Waals surface area contributed by atoms with Crippen LogP contribution >= 0.6 is 0 Å². The summed E-state index contributed by atoms with van der Waals surface area (Å²) in [5.74, 6) is 1.44. The van der Waals surface area contributed by atoms with Gasteiger partial charge in [0, 0.05) is 5.71 Å². The maximum Gasteiger partial charge on any atom is 0.131 e. The summed E-state index contributed by atoms with van der Waals surface area (Å²) in [5.41, 5.74) is 7.03. The second-order valence-corrected chi connectivity index (χ2v) is 6.08. The Kier molecular flexibility index (Phi) is 5.72. The molecule has 0 spiro atoms. The van der Waals surface area contributed by atoms with Crippen LogP contribution in [0.5, 0.6) is 0 Å².